The van der Waals surface area contributed by atoms with Gasteiger partial charge in [-0.1, -0.05) is 71.9 Å². The number of pyridine rings is 3. The third-order valence-electron chi connectivity index (χ3n) is 6.23. The highest BCUT2D eigenvalue weighted by Crippen LogP contribution is 2.31. The van der Waals surface area contributed by atoms with Gasteiger partial charge in [0.25, 0.3) is 0 Å². The molecule has 5 rings (SSSR count). The third-order valence-corrected chi connectivity index (χ3v) is 6.23. The van der Waals surface area contributed by atoms with Crippen LogP contribution in [0, 0.1) is 6.92 Å². The van der Waals surface area contributed by atoms with Crippen LogP contribution in [0.2, 0.25) is 0 Å². The lowest BCUT2D eigenvalue weighted by atomic mass is 9.97. The summed E-state index contributed by atoms with van der Waals surface area (Å²) in [6, 6.07) is 26.3. The van der Waals surface area contributed by atoms with Gasteiger partial charge in [0.1, 0.15) is 5.84 Å². The smallest absolute Gasteiger partial charge is 0.143 e. The van der Waals surface area contributed by atoms with Crippen molar-refractivity contribution in [2.24, 2.45) is 10.9 Å². The van der Waals surface area contributed by atoms with Gasteiger partial charge in [0, 0.05) is 53.5 Å². The Labute approximate surface area is 221 Å². The molecule has 0 spiro atoms. The molecule has 3 aromatic heterocycles. The highest BCUT2D eigenvalue weighted by atomic mass is 16.4. The summed E-state index contributed by atoms with van der Waals surface area (Å²) in [5, 5.41) is 12.0. The van der Waals surface area contributed by atoms with E-state index in [1.807, 2.05) is 73.2 Å². The lowest BCUT2D eigenvalue weighted by Crippen LogP contribution is -2.14. The first-order valence-electron chi connectivity index (χ1n) is 12.3. The van der Waals surface area contributed by atoms with E-state index < -0.39 is 0 Å². The molecule has 0 atom stereocenters. The van der Waals surface area contributed by atoms with Gasteiger partial charge in [-0.25, -0.2) is 0 Å². The van der Waals surface area contributed by atoms with Crippen LogP contribution in [0.25, 0.3) is 45.8 Å². The van der Waals surface area contributed by atoms with Crippen LogP contribution < -0.4 is 5.73 Å². The Hall–Kier alpha value is -5.10. The molecule has 0 radical (unpaired) electrons. The van der Waals surface area contributed by atoms with E-state index in [2.05, 4.69) is 53.5 Å². The number of nitrogens with two attached hydrogens (primary N) is 1. The second-order valence-electron chi connectivity index (χ2n) is 9.01. The number of amidine groups is 1. The predicted molar refractivity (Wildman–Crippen MR) is 153 cm³/mol. The molecule has 3 heterocycles. The van der Waals surface area contributed by atoms with Crippen molar-refractivity contribution in [3.63, 3.8) is 0 Å². The van der Waals surface area contributed by atoms with Crippen molar-refractivity contribution in [3.05, 3.63) is 126 Å². The quantitative estimate of drug-likeness (QED) is 0.114. The summed E-state index contributed by atoms with van der Waals surface area (Å²) >= 11 is 0. The highest BCUT2D eigenvalue weighted by molar-refractivity contribution is 5.84. The second-order valence-corrected chi connectivity index (χ2v) is 9.01. The van der Waals surface area contributed by atoms with Crippen molar-refractivity contribution in [1.29, 1.82) is 0 Å². The number of nitrogens with zero attached hydrogens (tertiary/aromatic N) is 4. The number of hydrogen-bond acceptors (Lipinski definition) is 5. The van der Waals surface area contributed by atoms with E-state index in [0.29, 0.717) is 6.42 Å². The van der Waals surface area contributed by atoms with E-state index in [-0.39, 0.29) is 5.84 Å². The van der Waals surface area contributed by atoms with Crippen molar-refractivity contribution < 1.29 is 5.21 Å². The molecule has 0 aliphatic carbocycles. The number of aromatic nitrogens is 3. The fraction of sp³-hybridized carbons (Fsp3) is 0.0625. The van der Waals surface area contributed by atoms with Crippen LogP contribution in [0.15, 0.2) is 109 Å². The van der Waals surface area contributed by atoms with E-state index in [4.69, 9.17) is 20.9 Å². The van der Waals surface area contributed by atoms with Gasteiger partial charge in [-0.3, -0.25) is 15.0 Å². The summed E-state index contributed by atoms with van der Waals surface area (Å²) in [4.78, 5) is 13.9. The minimum atomic E-state index is 0.166. The molecule has 0 saturated carbocycles. The molecular weight excluding hydrogens is 470 g/mol. The van der Waals surface area contributed by atoms with Crippen LogP contribution in [-0.4, -0.2) is 26.0 Å². The van der Waals surface area contributed by atoms with E-state index in [1.54, 1.807) is 6.20 Å². The Bertz CT molecular complexity index is 1610. The summed E-state index contributed by atoms with van der Waals surface area (Å²) in [5.74, 6) is 0.166. The molecule has 2 aromatic carbocycles. The molecule has 38 heavy (non-hydrogen) atoms. The van der Waals surface area contributed by atoms with Gasteiger partial charge in [-0.05, 0) is 53.4 Å². The minimum absolute atomic E-state index is 0.166. The average Bonchev–Trinajstić information content (AvgIpc) is 2.97. The Kier molecular flexibility index (Phi) is 7.32. The Balaban J connectivity index is 1.57. The van der Waals surface area contributed by atoms with Crippen LogP contribution in [-0.2, 0) is 6.42 Å². The number of benzene rings is 2. The molecule has 0 aliphatic heterocycles. The maximum atomic E-state index is 8.95. The van der Waals surface area contributed by atoms with Gasteiger partial charge in [-0.15, -0.1) is 0 Å². The topological polar surface area (TPSA) is 97.3 Å². The zero-order valence-electron chi connectivity index (χ0n) is 21.0. The van der Waals surface area contributed by atoms with Crippen molar-refractivity contribution in [2.75, 3.05) is 0 Å². The number of rotatable bonds is 7. The number of hydrogen-bond donors (Lipinski definition) is 2. The summed E-state index contributed by atoms with van der Waals surface area (Å²) in [7, 11) is 0. The molecule has 0 aliphatic rings. The summed E-state index contributed by atoms with van der Waals surface area (Å²) in [6.07, 6.45) is 11.9. The Morgan fingerprint density at radius 3 is 2.34 bits per heavy atom. The van der Waals surface area contributed by atoms with Gasteiger partial charge in [0.05, 0.1) is 11.4 Å². The van der Waals surface area contributed by atoms with Crippen LogP contribution in [0.4, 0.5) is 0 Å². The van der Waals surface area contributed by atoms with Crippen molar-refractivity contribution in [3.8, 4) is 33.6 Å². The number of aryl methyl sites for hydroxylation is 1. The van der Waals surface area contributed by atoms with Crippen LogP contribution in [0.1, 0.15) is 22.3 Å². The predicted octanol–water partition coefficient (Wildman–Crippen LogP) is 6.64. The average molecular weight is 498 g/mol. The molecule has 6 heteroatoms. The highest BCUT2D eigenvalue weighted by Gasteiger charge is 2.12. The second kappa shape index (κ2) is 11.3. The minimum Gasteiger partial charge on any atom is -0.409 e. The molecule has 3 N–H and O–H groups in total. The molecule has 0 unspecified atom stereocenters. The summed E-state index contributed by atoms with van der Waals surface area (Å²) in [6.45, 7) is 2.06. The van der Waals surface area contributed by atoms with Gasteiger partial charge in [0.15, 0.2) is 0 Å². The molecule has 5 aromatic rings. The van der Waals surface area contributed by atoms with E-state index in [9.17, 15) is 0 Å². The molecule has 0 bridgehead atoms. The lowest BCUT2D eigenvalue weighted by Gasteiger charge is -2.12. The summed E-state index contributed by atoms with van der Waals surface area (Å²) < 4.78 is 0. The van der Waals surface area contributed by atoms with Crippen molar-refractivity contribution in [1.82, 2.24) is 15.0 Å². The van der Waals surface area contributed by atoms with E-state index in [1.165, 1.54) is 0 Å². The zero-order chi connectivity index (χ0) is 26.3. The summed E-state index contributed by atoms with van der Waals surface area (Å²) in [5.41, 5.74) is 15.5. The SMILES string of the molecule is Cc1cc(-c2ncc(-c3cccc(C/C(N)=N/O)c3)cc2/C=C/c2ccccc2)cnc1-c1cccnc1. The fourth-order valence-electron chi connectivity index (χ4n) is 4.37. The maximum absolute atomic E-state index is 8.95. The van der Waals surface area contributed by atoms with E-state index in [0.717, 1.165) is 55.9 Å². The molecule has 0 fully saturated rings. The van der Waals surface area contributed by atoms with Crippen molar-refractivity contribution >= 4 is 18.0 Å². The van der Waals surface area contributed by atoms with Crippen LogP contribution in [0.3, 0.4) is 0 Å². The molecule has 0 saturated heterocycles. The van der Waals surface area contributed by atoms with Crippen molar-refractivity contribution in [2.45, 2.75) is 13.3 Å². The Morgan fingerprint density at radius 1 is 0.789 bits per heavy atom. The monoisotopic (exact) mass is 497 g/mol. The first-order chi connectivity index (χ1) is 18.6. The standard InChI is InChI=1S/C32H27N5O/c1-22-15-29(21-35-31(22)27-11-6-14-34-19-27)32-26(13-12-23-7-3-2-4-8-23)18-28(20-36-32)25-10-5-9-24(16-25)17-30(33)37-38/h2-16,18-21,38H,17H2,1H3,(H2,33,37)/b13-12+. The molecule has 186 valence electrons. The maximum Gasteiger partial charge on any atom is 0.143 e. The van der Waals surface area contributed by atoms with Gasteiger partial charge < -0.3 is 10.9 Å². The Morgan fingerprint density at radius 2 is 1.58 bits per heavy atom. The molecule has 6 nitrogen and oxygen atoms in total. The largest absolute Gasteiger partial charge is 0.409 e. The molecular formula is C32H27N5O. The zero-order valence-corrected chi connectivity index (χ0v) is 21.0. The van der Waals surface area contributed by atoms with Gasteiger partial charge in [-0.2, -0.15) is 0 Å². The first-order valence-corrected chi connectivity index (χ1v) is 12.3. The normalized spacial score (nSPS) is 11.7. The van der Waals surface area contributed by atoms with Gasteiger partial charge >= 0.3 is 0 Å². The fourth-order valence-corrected chi connectivity index (χ4v) is 4.37. The third kappa shape index (κ3) is 5.65. The van der Waals surface area contributed by atoms with Crippen LogP contribution in [0.5, 0.6) is 0 Å². The van der Waals surface area contributed by atoms with Crippen LogP contribution >= 0.6 is 0 Å². The number of oxime groups is 1. The first kappa shape index (κ1) is 24.6. The lowest BCUT2D eigenvalue weighted by molar-refractivity contribution is 0.317. The van der Waals surface area contributed by atoms with E-state index >= 15 is 0 Å². The van der Waals surface area contributed by atoms with Gasteiger partial charge in [0.2, 0.25) is 0 Å². The molecule has 0 amide bonds.